The highest BCUT2D eigenvalue weighted by molar-refractivity contribution is 7.92. The van der Waals surface area contributed by atoms with Crippen LogP contribution >= 0.6 is 0 Å². The van der Waals surface area contributed by atoms with Crippen LogP contribution in [0, 0.1) is 12.8 Å². The number of anilines is 1. The van der Waals surface area contributed by atoms with Crippen molar-refractivity contribution in [2.45, 2.75) is 25.2 Å². The van der Waals surface area contributed by atoms with Crippen molar-refractivity contribution >= 4 is 21.8 Å². The van der Waals surface area contributed by atoms with Gasteiger partial charge in [-0.2, -0.15) is 0 Å². The number of nitrogens with one attached hydrogen (secondary N) is 1. The quantitative estimate of drug-likeness (QED) is 0.549. The molecule has 1 aromatic heterocycles. The first kappa shape index (κ1) is 22.2. The molecule has 2 aromatic carbocycles. The third-order valence-electron chi connectivity index (χ3n) is 4.69. The number of aromatic nitrogens is 2. The zero-order chi connectivity index (χ0) is 22.6. The molecule has 1 heterocycles. The lowest BCUT2D eigenvalue weighted by Crippen LogP contribution is -2.16. The molecule has 9 heteroatoms. The van der Waals surface area contributed by atoms with E-state index in [4.69, 9.17) is 9.84 Å². The van der Waals surface area contributed by atoms with Crippen molar-refractivity contribution in [3.05, 3.63) is 66.0 Å². The number of hydrogen-bond acceptors (Lipinski definition) is 6. The van der Waals surface area contributed by atoms with Gasteiger partial charge in [-0.1, -0.05) is 49.4 Å². The molecule has 3 rings (SSSR count). The van der Waals surface area contributed by atoms with Crippen molar-refractivity contribution in [3.63, 3.8) is 0 Å². The summed E-state index contributed by atoms with van der Waals surface area (Å²) in [5.74, 6) is -1.28. The number of sulfonamides is 1. The molecule has 0 radical (unpaired) electrons. The Balaban J connectivity index is 1.94. The number of rotatable bonds is 8. The first-order valence-electron chi connectivity index (χ1n) is 9.53. The second-order valence-electron chi connectivity index (χ2n) is 7.11. The number of carbonyl (C=O) groups is 1. The molecule has 0 saturated heterocycles. The van der Waals surface area contributed by atoms with Crippen LogP contribution in [-0.4, -0.2) is 36.6 Å². The van der Waals surface area contributed by atoms with Crippen molar-refractivity contribution in [1.29, 1.82) is 0 Å². The van der Waals surface area contributed by atoms with E-state index in [0.29, 0.717) is 23.2 Å². The van der Waals surface area contributed by atoms with Crippen molar-refractivity contribution in [2.75, 3.05) is 11.8 Å². The Hall–Kier alpha value is -3.46. The molecule has 1 unspecified atom stereocenters. The van der Waals surface area contributed by atoms with Crippen LogP contribution in [0.4, 0.5) is 5.82 Å². The van der Waals surface area contributed by atoms with Crippen molar-refractivity contribution in [2.24, 2.45) is 5.92 Å². The second kappa shape index (κ2) is 9.13. The molecule has 0 fully saturated rings. The number of methoxy groups -OCH3 is 1. The Morgan fingerprint density at radius 1 is 1.16 bits per heavy atom. The standard InChI is InChI=1S/C22H23N3O5S/c1-14(22(26)27)12-16-8-10-17(11-9-16)18-6-4-5-7-19(18)31(28,29)25-20-21(30-3)24-15(2)13-23-20/h4-11,13-14H,12H2,1-3H3,(H,23,25)(H,26,27). The van der Waals surface area contributed by atoms with Gasteiger partial charge in [-0.15, -0.1) is 0 Å². The van der Waals surface area contributed by atoms with Gasteiger partial charge < -0.3 is 9.84 Å². The average Bonchev–Trinajstić information content (AvgIpc) is 2.75. The number of aliphatic carboxylic acids is 1. The van der Waals surface area contributed by atoms with Gasteiger partial charge in [0.05, 0.1) is 29.8 Å². The lowest BCUT2D eigenvalue weighted by atomic mass is 9.98. The highest BCUT2D eigenvalue weighted by Gasteiger charge is 2.22. The van der Waals surface area contributed by atoms with Crippen LogP contribution in [0.25, 0.3) is 11.1 Å². The van der Waals surface area contributed by atoms with Crippen molar-refractivity contribution in [3.8, 4) is 17.0 Å². The fourth-order valence-electron chi connectivity index (χ4n) is 3.05. The predicted octanol–water partition coefficient (Wildman–Crippen LogP) is 3.52. The molecule has 0 spiro atoms. The molecule has 3 aromatic rings. The Bertz CT molecular complexity index is 1190. The maximum absolute atomic E-state index is 13.1. The second-order valence-corrected chi connectivity index (χ2v) is 8.76. The summed E-state index contributed by atoms with van der Waals surface area (Å²) in [6.45, 7) is 3.37. The van der Waals surface area contributed by atoms with E-state index in [0.717, 1.165) is 5.56 Å². The fourth-order valence-corrected chi connectivity index (χ4v) is 4.29. The van der Waals surface area contributed by atoms with Gasteiger partial charge in [0.2, 0.25) is 5.82 Å². The van der Waals surface area contributed by atoms with Gasteiger partial charge in [-0.3, -0.25) is 9.52 Å². The van der Waals surface area contributed by atoms with Crippen LogP contribution in [-0.2, 0) is 21.2 Å². The normalized spacial score (nSPS) is 12.2. The summed E-state index contributed by atoms with van der Waals surface area (Å²) in [4.78, 5) is 19.4. The zero-order valence-electron chi connectivity index (χ0n) is 17.4. The largest absolute Gasteiger partial charge is 0.481 e. The smallest absolute Gasteiger partial charge is 0.306 e. The minimum absolute atomic E-state index is 0.000842. The van der Waals surface area contributed by atoms with E-state index >= 15 is 0 Å². The fraction of sp³-hybridized carbons (Fsp3) is 0.227. The molecule has 0 aliphatic heterocycles. The van der Waals surface area contributed by atoms with Crippen LogP contribution in [0.5, 0.6) is 5.88 Å². The van der Waals surface area contributed by atoms with Crippen LogP contribution in [0.1, 0.15) is 18.2 Å². The number of carboxylic acids is 1. The molecule has 1 atom stereocenters. The van der Waals surface area contributed by atoms with E-state index in [1.165, 1.54) is 19.4 Å². The monoisotopic (exact) mass is 441 g/mol. The van der Waals surface area contributed by atoms with Gasteiger partial charge in [-0.25, -0.2) is 18.4 Å². The highest BCUT2D eigenvalue weighted by Crippen LogP contribution is 2.30. The Morgan fingerprint density at radius 2 is 1.84 bits per heavy atom. The molecule has 0 amide bonds. The molecule has 31 heavy (non-hydrogen) atoms. The van der Waals surface area contributed by atoms with E-state index in [2.05, 4.69) is 14.7 Å². The lowest BCUT2D eigenvalue weighted by molar-refractivity contribution is -0.141. The number of ether oxygens (including phenoxy) is 1. The summed E-state index contributed by atoms with van der Waals surface area (Å²) in [5.41, 5.74) is 2.65. The number of benzene rings is 2. The summed E-state index contributed by atoms with van der Waals surface area (Å²) >= 11 is 0. The summed E-state index contributed by atoms with van der Waals surface area (Å²) in [7, 11) is -2.60. The SMILES string of the molecule is COc1nc(C)cnc1NS(=O)(=O)c1ccccc1-c1ccc(CC(C)C(=O)O)cc1. The van der Waals surface area contributed by atoms with Crippen molar-refractivity contribution in [1.82, 2.24) is 9.97 Å². The van der Waals surface area contributed by atoms with Gasteiger partial charge in [0.25, 0.3) is 15.9 Å². The van der Waals surface area contributed by atoms with Crippen molar-refractivity contribution < 1.29 is 23.1 Å². The molecule has 0 saturated carbocycles. The molecule has 2 N–H and O–H groups in total. The van der Waals surface area contributed by atoms with E-state index < -0.39 is 21.9 Å². The van der Waals surface area contributed by atoms with E-state index in [1.807, 2.05) is 0 Å². The number of hydrogen-bond donors (Lipinski definition) is 2. The topological polar surface area (TPSA) is 118 Å². The van der Waals surface area contributed by atoms with Crippen LogP contribution < -0.4 is 9.46 Å². The van der Waals surface area contributed by atoms with Crippen LogP contribution in [0.3, 0.4) is 0 Å². The lowest BCUT2D eigenvalue weighted by Gasteiger charge is -2.14. The molecular weight excluding hydrogens is 418 g/mol. The first-order chi connectivity index (χ1) is 14.7. The molecule has 0 aliphatic carbocycles. The summed E-state index contributed by atoms with van der Waals surface area (Å²) < 4.78 is 33.9. The predicted molar refractivity (Wildman–Crippen MR) is 117 cm³/mol. The van der Waals surface area contributed by atoms with Gasteiger partial charge >= 0.3 is 5.97 Å². The maximum atomic E-state index is 13.1. The van der Waals surface area contributed by atoms with Gasteiger partial charge in [0, 0.05) is 5.56 Å². The Labute approximate surface area is 181 Å². The molecule has 0 bridgehead atoms. The first-order valence-corrected chi connectivity index (χ1v) is 11.0. The summed E-state index contributed by atoms with van der Waals surface area (Å²) in [6, 6.07) is 13.8. The molecule has 162 valence electrons. The zero-order valence-corrected chi connectivity index (χ0v) is 18.2. The van der Waals surface area contributed by atoms with Gasteiger partial charge in [0.1, 0.15) is 0 Å². The minimum Gasteiger partial charge on any atom is -0.481 e. The summed E-state index contributed by atoms with van der Waals surface area (Å²) in [6.07, 6.45) is 1.84. The van der Waals surface area contributed by atoms with Crippen LogP contribution in [0.15, 0.2) is 59.6 Å². The number of nitrogens with zero attached hydrogens (tertiary/aromatic N) is 2. The van der Waals surface area contributed by atoms with E-state index in [9.17, 15) is 13.2 Å². The molecule has 8 nitrogen and oxygen atoms in total. The Kier molecular flexibility index (Phi) is 6.55. The Morgan fingerprint density at radius 3 is 2.48 bits per heavy atom. The van der Waals surface area contributed by atoms with Crippen LogP contribution in [0.2, 0.25) is 0 Å². The van der Waals surface area contributed by atoms with E-state index in [-0.39, 0.29) is 16.6 Å². The molecule has 0 aliphatic rings. The average molecular weight is 442 g/mol. The third-order valence-corrected chi connectivity index (χ3v) is 6.09. The highest BCUT2D eigenvalue weighted by atomic mass is 32.2. The number of aryl methyl sites for hydroxylation is 1. The van der Waals surface area contributed by atoms with Gasteiger partial charge in [-0.05, 0) is 30.5 Å². The van der Waals surface area contributed by atoms with E-state index in [1.54, 1.807) is 56.3 Å². The maximum Gasteiger partial charge on any atom is 0.306 e. The minimum atomic E-state index is -3.99. The summed E-state index contributed by atoms with van der Waals surface area (Å²) in [5, 5.41) is 9.08. The third kappa shape index (κ3) is 5.18. The molecular formula is C22H23N3O5S. The van der Waals surface area contributed by atoms with Gasteiger partial charge in [0.15, 0.2) is 0 Å². The number of carboxylic acid groups (broad SMARTS) is 1.